The zero-order chi connectivity index (χ0) is 17.5. The Balaban J connectivity index is 2.60. The van der Waals surface area contributed by atoms with Crippen molar-refractivity contribution in [3.05, 3.63) is 59.1 Å². The van der Waals surface area contributed by atoms with Gasteiger partial charge in [0, 0.05) is 17.2 Å². The summed E-state index contributed by atoms with van der Waals surface area (Å²) >= 11 is 5.97. The van der Waals surface area contributed by atoms with Gasteiger partial charge in [-0.1, -0.05) is 11.6 Å². The van der Waals surface area contributed by atoms with E-state index in [0.29, 0.717) is 23.9 Å². The Labute approximate surface area is 147 Å². The molecule has 0 aromatic heterocycles. The Bertz CT molecular complexity index is 721. The van der Waals surface area contributed by atoms with Gasteiger partial charge in [-0.25, -0.2) is 4.79 Å². The quantitative estimate of drug-likeness (QED) is 0.449. The van der Waals surface area contributed by atoms with Crippen LogP contribution in [0.5, 0.6) is 5.75 Å². The summed E-state index contributed by atoms with van der Waals surface area (Å²) < 4.78 is 12.4. The number of rotatable bonds is 6. The smallest absolute Gasteiger partial charge is 0.404 e. The standard InChI is InChI=1S/C19H21ClNO3/c1-4-21(16-10-12-17(23-3)13-11-16)18(19(22)24-5-2)14-6-8-15(20)9-7-14/h6-13H,4-5H2,1-3H3/q+1. The molecule has 126 valence electrons. The second kappa shape index (κ2) is 8.50. The molecule has 0 fully saturated rings. The highest BCUT2D eigenvalue weighted by Crippen LogP contribution is 2.20. The summed E-state index contributed by atoms with van der Waals surface area (Å²) in [5.41, 5.74) is 2.13. The van der Waals surface area contributed by atoms with E-state index in [1.54, 1.807) is 26.2 Å². The first-order chi connectivity index (χ1) is 11.6. The number of esters is 1. The largest absolute Gasteiger partial charge is 0.497 e. The summed E-state index contributed by atoms with van der Waals surface area (Å²) in [4.78, 5) is 12.6. The average molecular weight is 347 g/mol. The van der Waals surface area contributed by atoms with E-state index in [2.05, 4.69) is 0 Å². The first-order valence-corrected chi connectivity index (χ1v) is 8.20. The Morgan fingerprint density at radius 2 is 1.67 bits per heavy atom. The summed E-state index contributed by atoms with van der Waals surface area (Å²) in [5, 5.41) is 0.620. The first kappa shape index (κ1) is 18.0. The molecule has 0 aliphatic carbocycles. The summed E-state index contributed by atoms with van der Waals surface area (Å²) in [6.45, 7) is 4.71. The number of benzene rings is 2. The van der Waals surface area contributed by atoms with Gasteiger partial charge >= 0.3 is 5.97 Å². The molecule has 0 amide bonds. The van der Waals surface area contributed by atoms with Crippen molar-refractivity contribution in [3.63, 3.8) is 0 Å². The second-order valence-corrected chi connectivity index (χ2v) is 5.45. The molecule has 0 bridgehead atoms. The SMILES string of the molecule is CCOC(=O)C(c1ccc(Cl)cc1)=[N+](CC)c1ccc(OC)cc1. The number of nitrogens with zero attached hydrogens (tertiary/aromatic N) is 1. The predicted molar refractivity (Wildman–Crippen MR) is 95.6 cm³/mol. The number of ether oxygens (including phenoxy) is 2. The lowest BCUT2D eigenvalue weighted by Crippen LogP contribution is -2.28. The van der Waals surface area contributed by atoms with Crippen LogP contribution in [0.4, 0.5) is 5.69 Å². The topological polar surface area (TPSA) is 38.5 Å². The molecule has 0 radical (unpaired) electrons. The summed E-state index contributed by atoms with van der Waals surface area (Å²) in [6.07, 6.45) is 0. The monoisotopic (exact) mass is 346 g/mol. The first-order valence-electron chi connectivity index (χ1n) is 7.82. The maximum Gasteiger partial charge on any atom is 0.404 e. The van der Waals surface area contributed by atoms with Crippen molar-refractivity contribution in [2.45, 2.75) is 13.8 Å². The maximum atomic E-state index is 12.6. The van der Waals surface area contributed by atoms with Crippen LogP contribution in [-0.4, -0.2) is 36.5 Å². The van der Waals surface area contributed by atoms with Crippen molar-refractivity contribution in [1.82, 2.24) is 0 Å². The number of methoxy groups -OCH3 is 1. The third-order valence-corrected chi connectivity index (χ3v) is 3.81. The van der Waals surface area contributed by atoms with Crippen LogP contribution in [0.15, 0.2) is 48.5 Å². The van der Waals surface area contributed by atoms with E-state index in [1.807, 2.05) is 47.9 Å². The molecular weight excluding hydrogens is 326 g/mol. The molecule has 2 aromatic carbocycles. The van der Waals surface area contributed by atoms with Gasteiger partial charge in [0.1, 0.15) is 12.3 Å². The van der Waals surface area contributed by atoms with Crippen LogP contribution in [0.1, 0.15) is 19.4 Å². The minimum Gasteiger partial charge on any atom is -0.497 e. The van der Waals surface area contributed by atoms with Crippen molar-refractivity contribution >= 4 is 29.0 Å². The zero-order valence-electron chi connectivity index (χ0n) is 14.1. The zero-order valence-corrected chi connectivity index (χ0v) is 14.8. The van der Waals surface area contributed by atoms with E-state index in [9.17, 15) is 4.79 Å². The maximum absolute atomic E-state index is 12.6. The summed E-state index contributed by atoms with van der Waals surface area (Å²) in [7, 11) is 1.62. The predicted octanol–water partition coefficient (Wildman–Crippen LogP) is 4.06. The van der Waals surface area contributed by atoms with Gasteiger partial charge in [-0.15, -0.1) is 0 Å². The molecule has 0 aliphatic heterocycles. The van der Waals surface area contributed by atoms with E-state index in [0.717, 1.165) is 17.0 Å². The highest BCUT2D eigenvalue weighted by Gasteiger charge is 2.27. The van der Waals surface area contributed by atoms with E-state index >= 15 is 0 Å². The minimum atomic E-state index is -0.363. The number of carbonyl (C=O) groups excluding carboxylic acids is 1. The molecule has 2 aromatic rings. The third-order valence-electron chi connectivity index (χ3n) is 3.56. The van der Waals surface area contributed by atoms with E-state index < -0.39 is 0 Å². The molecule has 0 N–H and O–H groups in total. The van der Waals surface area contributed by atoms with Crippen LogP contribution in [0, 0.1) is 0 Å². The highest BCUT2D eigenvalue weighted by atomic mass is 35.5. The van der Waals surface area contributed by atoms with Crippen molar-refractivity contribution in [1.29, 1.82) is 0 Å². The molecule has 0 saturated carbocycles. The van der Waals surface area contributed by atoms with Gasteiger partial charge in [-0.3, -0.25) is 0 Å². The van der Waals surface area contributed by atoms with Gasteiger partial charge in [0.15, 0.2) is 0 Å². The lowest BCUT2D eigenvalue weighted by molar-refractivity contribution is -0.435. The molecule has 0 saturated heterocycles. The summed E-state index contributed by atoms with van der Waals surface area (Å²) in [6, 6.07) is 14.7. The van der Waals surface area contributed by atoms with Crippen LogP contribution in [0.25, 0.3) is 0 Å². The molecule has 0 atom stereocenters. The highest BCUT2D eigenvalue weighted by molar-refractivity contribution is 6.41. The van der Waals surface area contributed by atoms with Crippen molar-refractivity contribution < 1.29 is 18.8 Å². The van der Waals surface area contributed by atoms with Gasteiger partial charge in [-0.2, -0.15) is 4.58 Å². The molecule has 0 aliphatic rings. The van der Waals surface area contributed by atoms with Crippen LogP contribution in [-0.2, 0) is 9.53 Å². The van der Waals surface area contributed by atoms with E-state index in [4.69, 9.17) is 21.1 Å². The Morgan fingerprint density at radius 1 is 1.04 bits per heavy atom. The molecule has 4 nitrogen and oxygen atoms in total. The van der Waals surface area contributed by atoms with Crippen LogP contribution >= 0.6 is 11.6 Å². The molecule has 5 heteroatoms. The molecule has 2 rings (SSSR count). The van der Waals surface area contributed by atoms with Gasteiger partial charge in [0.25, 0.3) is 5.71 Å². The van der Waals surface area contributed by atoms with E-state index in [1.165, 1.54) is 0 Å². The van der Waals surface area contributed by atoms with Crippen LogP contribution in [0.3, 0.4) is 0 Å². The van der Waals surface area contributed by atoms with Crippen molar-refractivity contribution in [2.24, 2.45) is 0 Å². The Hall–Kier alpha value is -2.33. The summed E-state index contributed by atoms with van der Waals surface area (Å²) in [5.74, 6) is 0.400. The molecular formula is C19H21ClNO3+. The van der Waals surface area contributed by atoms with Crippen LogP contribution in [0.2, 0.25) is 5.02 Å². The number of carbonyl (C=O) groups is 1. The fraction of sp³-hybridized carbons (Fsp3) is 0.263. The van der Waals surface area contributed by atoms with E-state index in [-0.39, 0.29) is 5.97 Å². The lowest BCUT2D eigenvalue weighted by atomic mass is 10.1. The van der Waals surface area contributed by atoms with Crippen molar-refractivity contribution in [3.8, 4) is 5.75 Å². The van der Waals surface area contributed by atoms with Crippen LogP contribution < -0.4 is 4.74 Å². The molecule has 24 heavy (non-hydrogen) atoms. The molecule has 0 unspecified atom stereocenters. The average Bonchev–Trinajstić information content (AvgIpc) is 2.61. The Morgan fingerprint density at radius 3 is 2.17 bits per heavy atom. The number of halogens is 1. The Kier molecular flexibility index (Phi) is 6.38. The normalized spacial score (nSPS) is 11.7. The second-order valence-electron chi connectivity index (χ2n) is 5.02. The third kappa shape index (κ3) is 4.15. The van der Waals surface area contributed by atoms with Gasteiger partial charge < -0.3 is 9.47 Å². The fourth-order valence-electron chi connectivity index (χ4n) is 2.42. The van der Waals surface area contributed by atoms with Gasteiger partial charge in [-0.05, 0) is 50.2 Å². The number of hydrogen-bond acceptors (Lipinski definition) is 3. The number of hydrogen-bond donors (Lipinski definition) is 0. The molecule has 0 spiro atoms. The minimum absolute atomic E-state index is 0.316. The van der Waals surface area contributed by atoms with Gasteiger partial charge in [0.2, 0.25) is 5.69 Å². The lowest BCUT2D eigenvalue weighted by Gasteiger charge is -2.09. The van der Waals surface area contributed by atoms with Crippen molar-refractivity contribution in [2.75, 3.05) is 20.3 Å². The fourth-order valence-corrected chi connectivity index (χ4v) is 2.55. The molecule has 0 heterocycles. The van der Waals surface area contributed by atoms with Gasteiger partial charge in [0.05, 0.1) is 19.3 Å².